The normalized spacial score (nSPS) is 10.5. The third kappa shape index (κ3) is 2.81. The highest BCUT2D eigenvalue weighted by molar-refractivity contribution is 6.42. The summed E-state index contributed by atoms with van der Waals surface area (Å²) in [5, 5.41) is 20.4. The summed E-state index contributed by atoms with van der Waals surface area (Å²) >= 11 is 0. The summed E-state index contributed by atoms with van der Waals surface area (Å²) in [6.45, 7) is 1.85. The van der Waals surface area contributed by atoms with Crippen LogP contribution in [0.4, 0.5) is 5.69 Å². The first-order chi connectivity index (χ1) is 7.15. The van der Waals surface area contributed by atoms with E-state index in [2.05, 4.69) is 10.5 Å². The number of hydrazone groups is 1. The number of carboxylic acid groups (broad SMARTS) is 1. The Hall–Kier alpha value is -2.35. The number of carbonyl (C=O) groups is 1. The lowest BCUT2D eigenvalue weighted by Crippen LogP contribution is -2.12. The Balaban J connectivity index is 2.85. The number of aliphatic carboxylic acids is 1. The molecule has 0 unspecified atom stereocenters. The summed E-state index contributed by atoms with van der Waals surface area (Å²) in [5.74, 6) is -1.35. The van der Waals surface area contributed by atoms with Gasteiger partial charge in [0.05, 0.1) is 5.69 Å². The molecule has 0 aliphatic carbocycles. The minimum absolute atomic E-state index is 0.571. The molecule has 0 heterocycles. The van der Waals surface area contributed by atoms with Crippen molar-refractivity contribution in [1.29, 1.82) is 5.26 Å². The van der Waals surface area contributed by atoms with Gasteiger partial charge in [-0.2, -0.15) is 10.4 Å². The van der Waals surface area contributed by atoms with Crippen LogP contribution in [0.2, 0.25) is 0 Å². The van der Waals surface area contributed by atoms with Crippen molar-refractivity contribution in [2.75, 3.05) is 5.43 Å². The molecule has 0 aliphatic heterocycles. The number of nitrogens with one attached hydrogen (secondary N) is 1. The zero-order valence-corrected chi connectivity index (χ0v) is 8.06. The fourth-order valence-electron chi connectivity index (χ4n) is 0.935. The second-order valence-electron chi connectivity index (χ2n) is 2.80. The van der Waals surface area contributed by atoms with Crippen LogP contribution in [0.1, 0.15) is 5.56 Å². The van der Waals surface area contributed by atoms with E-state index in [9.17, 15) is 4.79 Å². The predicted octanol–water partition coefficient (Wildman–Crippen LogP) is 1.37. The second kappa shape index (κ2) is 4.77. The topological polar surface area (TPSA) is 85.5 Å². The van der Waals surface area contributed by atoms with Crippen LogP contribution in [-0.2, 0) is 4.79 Å². The fourth-order valence-corrected chi connectivity index (χ4v) is 0.935. The summed E-state index contributed by atoms with van der Waals surface area (Å²) in [6, 6.07) is 8.72. The molecule has 0 radical (unpaired) electrons. The number of hydrogen-bond donors (Lipinski definition) is 2. The molecule has 0 bridgehead atoms. The van der Waals surface area contributed by atoms with E-state index in [0.29, 0.717) is 5.69 Å². The van der Waals surface area contributed by atoms with E-state index in [0.717, 1.165) is 5.56 Å². The summed E-state index contributed by atoms with van der Waals surface area (Å²) in [4.78, 5) is 10.4. The van der Waals surface area contributed by atoms with Gasteiger partial charge < -0.3 is 5.11 Å². The maximum absolute atomic E-state index is 10.4. The molecule has 0 fully saturated rings. The molecular formula is C10H9N3O2. The van der Waals surface area contributed by atoms with Gasteiger partial charge in [-0.05, 0) is 18.6 Å². The number of anilines is 1. The molecule has 0 saturated carbocycles. The Morgan fingerprint density at radius 3 is 2.73 bits per heavy atom. The number of nitriles is 1. The van der Waals surface area contributed by atoms with Crippen molar-refractivity contribution in [3.8, 4) is 6.07 Å². The van der Waals surface area contributed by atoms with Crippen molar-refractivity contribution in [3.63, 3.8) is 0 Å². The fraction of sp³-hybridized carbons (Fsp3) is 0.100. The second-order valence-corrected chi connectivity index (χ2v) is 2.80. The van der Waals surface area contributed by atoms with Crippen LogP contribution >= 0.6 is 0 Å². The summed E-state index contributed by atoms with van der Waals surface area (Å²) in [6.07, 6.45) is 0. The van der Waals surface area contributed by atoms with Gasteiger partial charge in [-0.3, -0.25) is 5.43 Å². The van der Waals surface area contributed by atoms with E-state index < -0.39 is 11.7 Å². The van der Waals surface area contributed by atoms with Crippen molar-refractivity contribution in [1.82, 2.24) is 0 Å². The lowest BCUT2D eigenvalue weighted by Gasteiger charge is -2.03. The maximum atomic E-state index is 10.4. The van der Waals surface area contributed by atoms with Crippen LogP contribution in [0, 0.1) is 18.3 Å². The highest BCUT2D eigenvalue weighted by Gasteiger charge is 2.07. The van der Waals surface area contributed by atoms with Crippen molar-refractivity contribution in [2.45, 2.75) is 6.92 Å². The minimum atomic E-state index is -1.35. The molecule has 0 saturated heterocycles. The van der Waals surface area contributed by atoms with Crippen molar-refractivity contribution in [2.24, 2.45) is 5.10 Å². The smallest absolute Gasteiger partial charge is 0.367 e. The van der Waals surface area contributed by atoms with Crippen LogP contribution in [0.25, 0.3) is 0 Å². The Bertz CT molecular complexity index is 446. The van der Waals surface area contributed by atoms with Gasteiger partial charge in [-0.15, -0.1) is 0 Å². The lowest BCUT2D eigenvalue weighted by atomic mass is 10.2. The Morgan fingerprint density at radius 1 is 1.53 bits per heavy atom. The highest BCUT2D eigenvalue weighted by atomic mass is 16.4. The van der Waals surface area contributed by atoms with E-state index in [-0.39, 0.29) is 0 Å². The first-order valence-corrected chi connectivity index (χ1v) is 4.18. The van der Waals surface area contributed by atoms with Gasteiger partial charge in [0, 0.05) is 0 Å². The zero-order valence-electron chi connectivity index (χ0n) is 8.06. The van der Waals surface area contributed by atoms with Crippen LogP contribution < -0.4 is 5.43 Å². The Kier molecular flexibility index (Phi) is 3.41. The van der Waals surface area contributed by atoms with Gasteiger partial charge >= 0.3 is 5.97 Å². The Morgan fingerprint density at radius 2 is 2.20 bits per heavy atom. The molecule has 1 aromatic carbocycles. The molecule has 0 aliphatic rings. The Labute approximate surface area is 86.7 Å². The molecule has 2 N–H and O–H groups in total. The van der Waals surface area contributed by atoms with Gasteiger partial charge in [0.25, 0.3) is 0 Å². The number of hydrogen-bond acceptors (Lipinski definition) is 4. The SMILES string of the molecule is Cc1ccccc1N/N=C(\C#N)C(=O)O. The van der Waals surface area contributed by atoms with Gasteiger partial charge in [0.2, 0.25) is 5.71 Å². The standard InChI is InChI=1S/C10H9N3O2/c1-7-4-2-3-5-8(7)12-13-9(6-11)10(14)15/h2-5,12H,1H3,(H,14,15)/b13-9+. The van der Waals surface area contributed by atoms with Gasteiger partial charge in [0.15, 0.2) is 0 Å². The molecule has 5 nitrogen and oxygen atoms in total. The quantitative estimate of drug-likeness (QED) is 0.573. The van der Waals surface area contributed by atoms with Crippen molar-refractivity contribution in [3.05, 3.63) is 29.8 Å². The average molecular weight is 203 g/mol. The maximum Gasteiger partial charge on any atom is 0.367 e. The summed E-state index contributed by atoms with van der Waals surface area (Å²) in [5.41, 5.74) is 3.55. The third-order valence-electron chi connectivity index (χ3n) is 1.74. The number of carboxylic acids is 1. The van der Waals surface area contributed by atoms with Crippen LogP contribution in [0.15, 0.2) is 29.4 Å². The molecule has 0 amide bonds. The summed E-state index contributed by atoms with van der Waals surface area (Å²) < 4.78 is 0. The number of benzene rings is 1. The molecule has 0 spiro atoms. The molecule has 1 aromatic rings. The van der Waals surface area contributed by atoms with Crippen LogP contribution in [0.3, 0.4) is 0 Å². The highest BCUT2D eigenvalue weighted by Crippen LogP contribution is 2.12. The zero-order chi connectivity index (χ0) is 11.3. The molecule has 0 aromatic heterocycles. The van der Waals surface area contributed by atoms with Gasteiger partial charge in [-0.1, -0.05) is 18.2 Å². The number of aryl methyl sites for hydroxylation is 1. The van der Waals surface area contributed by atoms with Crippen LogP contribution in [-0.4, -0.2) is 16.8 Å². The largest absolute Gasteiger partial charge is 0.476 e. The number of nitrogens with zero attached hydrogens (tertiary/aromatic N) is 2. The lowest BCUT2D eigenvalue weighted by molar-refractivity contribution is -0.129. The molecule has 5 heteroatoms. The van der Waals surface area contributed by atoms with E-state index in [1.807, 2.05) is 19.1 Å². The first-order valence-electron chi connectivity index (χ1n) is 4.18. The monoisotopic (exact) mass is 203 g/mol. The molecule has 1 rings (SSSR count). The van der Waals surface area contributed by atoms with Crippen molar-refractivity contribution >= 4 is 17.4 Å². The van der Waals surface area contributed by atoms with E-state index in [1.54, 1.807) is 12.1 Å². The van der Waals surface area contributed by atoms with E-state index >= 15 is 0 Å². The minimum Gasteiger partial charge on any atom is -0.476 e. The van der Waals surface area contributed by atoms with Gasteiger partial charge in [-0.25, -0.2) is 4.79 Å². The molecule has 0 atom stereocenters. The predicted molar refractivity (Wildman–Crippen MR) is 55.5 cm³/mol. The van der Waals surface area contributed by atoms with Crippen LogP contribution in [0.5, 0.6) is 0 Å². The van der Waals surface area contributed by atoms with E-state index in [4.69, 9.17) is 10.4 Å². The molecular weight excluding hydrogens is 194 g/mol. The van der Waals surface area contributed by atoms with Gasteiger partial charge in [0.1, 0.15) is 6.07 Å². The average Bonchev–Trinajstić information content (AvgIpc) is 2.21. The van der Waals surface area contributed by atoms with E-state index in [1.165, 1.54) is 6.07 Å². The first kappa shape index (κ1) is 10.7. The molecule has 15 heavy (non-hydrogen) atoms. The summed E-state index contributed by atoms with van der Waals surface area (Å²) in [7, 11) is 0. The molecule has 76 valence electrons. The number of rotatable bonds is 3. The third-order valence-corrected chi connectivity index (χ3v) is 1.74. The number of para-hydroxylation sites is 1. The van der Waals surface area contributed by atoms with Crippen molar-refractivity contribution < 1.29 is 9.90 Å².